The van der Waals surface area contributed by atoms with Gasteiger partial charge in [0.15, 0.2) is 0 Å². The lowest BCUT2D eigenvalue weighted by Crippen LogP contribution is -2.48. The van der Waals surface area contributed by atoms with Gasteiger partial charge >= 0.3 is 0 Å². The number of rotatable bonds is 9. The summed E-state index contributed by atoms with van der Waals surface area (Å²) in [6.45, 7) is 7.94. The van der Waals surface area contributed by atoms with E-state index < -0.39 is 5.92 Å². The molecule has 3 aromatic rings. The summed E-state index contributed by atoms with van der Waals surface area (Å²) in [7, 11) is 0. The van der Waals surface area contributed by atoms with Crippen molar-refractivity contribution in [2.24, 2.45) is 5.92 Å². The monoisotopic (exact) mass is 476 g/mol. The summed E-state index contributed by atoms with van der Waals surface area (Å²) in [5.41, 5.74) is 2.58. The van der Waals surface area contributed by atoms with E-state index in [0.717, 1.165) is 28.2 Å². The molecule has 0 spiro atoms. The van der Waals surface area contributed by atoms with Gasteiger partial charge in [0.05, 0.1) is 18.6 Å². The molecule has 1 aromatic heterocycles. The van der Waals surface area contributed by atoms with E-state index in [2.05, 4.69) is 19.2 Å². The summed E-state index contributed by atoms with van der Waals surface area (Å²) in [5, 5.41) is 5.17. The predicted molar refractivity (Wildman–Crippen MR) is 136 cm³/mol. The van der Waals surface area contributed by atoms with Crippen LogP contribution >= 0.6 is 11.3 Å². The molecule has 34 heavy (non-hydrogen) atoms. The van der Waals surface area contributed by atoms with E-state index in [1.807, 2.05) is 77.9 Å². The van der Waals surface area contributed by atoms with E-state index in [0.29, 0.717) is 31.2 Å². The normalized spacial score (nSPS) is 17.5. The molecule has 0 radical (unpaired) electrons. The molecule has 1 aliphatic rings. The minimum atomic E-state index is -0.452. The van der Waals surface area contributed by atoms with E-state index >= 15 is 0 Å². The Morgan fingerprint density at radius 3 is 2.53 bits per heavy atom. The summed E-state index contributed by atoms with van der Waals surface area (Å²) >= 11 is 1.60. The number of fused-ring (bicyclic) bond motifs is 1. The standard InChI is InChI=1S/C28H32N2O3S/c1-4-33-21-13-11-20(12-14-21)15-16-29-27(31)25-22-8-5-6-9-23(22)28(32)30(18-19(2)3)26(25)24-10-7-17-34-24/h5-14,17,19,25-26H,4,15-16,18H2,1-3H3,(H,29,31)/t25-,26-/m1/s1. The van der Waals surface area contributed by atoms with Gasteiger partial charge in [-0.1, -0.05) is 50.2 Å². The second-order valence-electron chi connectivity index (χ2n) is 8.99. The smallest absolute Gasteiger partial charge is 0.254 e. The fourth-order valence-corrected chi connectivity index (χ4v) is 5.48. The molecular formula is C28H32N2O3S. The molecular weight excluding hydrogens is 444 g/mol. The first-order valence-electron chi connectivity index (χ1n) is 11.9. The number of thiophene rings is 1. The predicted octanol–water partition coefficient (Wildman–Crippen LogP) is 5.44. The maximum Gasteiger partial charge on any atom is 0.254 e. The van der Waals surface area contributed by atoms with Gasteiger partial charge < -0.3 is 15.0 Å². The van der Waals surface area contributed by atoms with Crippen molar-refractivity contribution < 1.29 is 14.3 Å². The first-order valence-corrected chi connectivity index (χ1v) is 12.8. The Morgan fingerprint density at radius 1 is 1.09 bits per heavy atom. The lowest BCUT2D eigenvalue weighted by Gasteiger charge is -2.42. The summed E-state index contributed by atoms with van der Waals surface area (Å²) < 4.78 is 5.51. The molecule has 0 bridgehead atoms. The van der Waals surface area contributed by atoms with E-state index in [-0.39, 0.29) is 17.9 Å². The minimum absolute atomic E-state index is 0.00105. The Balaban J connectivity index is 1.58. The van der Waals surface area contributed by atoms with Crippen LogP contribution in [0.25, 0.3) is 0 Å². The van der Waals surface area contributed by atoms with Gasteiger partial charge in [-0.25, -0.2) is 0 Å². The topological polar surface area (TPSA) is 58.6 Å². The highest BCUT2D eigenvalue weighted by atomic mass is 32.1. The summed E-state index contributed by atoms with van der Waals surface area (Å²) in [4.78, 5) is 30.1. The van der Waals surface area contributed by atoms with Crippen molar-refractivity contribution in [3.8, 4) is 5.75 Å². The Hall–Kier alpha value is -3.12. The maximum absolute atomic E-state index is 13.7. The SMILES string of the molecule is CCOc1ccc(CCNC(=O)[C@@H]2c3ccccc3C(=O)N(CC(C)C)[C@@H]2c2cccs2)cc1. The number of hydrogen-bond donors (Lipinski definition) is 1. The molecule has 0 aliphatic carbocycles. The molecule has 4 rings (SSSR count). The van der Waals surface area contributed by atoms with Crippen LogP contribution in [0.2, 0.25) is 0 Å². The third-order valence-electron chi connectivity index (χ3n) is 6.06. The number of amides is 2. The quantitative estimate of drug-likeness (QED) is 0.447. The summed E-state index contributed by atoms with van der Waals surface area (Å²) in [6.07, 6.45) is 0.727. The van der Waals surface area contributed by atoms with Crippen LogP contribution in [-0.4, -0.2) is 36.4 Å². The Morgan fingerprint density at radius 2 is 1.85 bits per heavy atom. The van der Waals surface area contributed by atoms with Crippen molar-refractivity contribution in [3.05, 3.63) is 87.6 Å². The molecule has 5 nitrogen and oxygen atoms in total. The van der Waals surface area contributed by atoms with Gasteiger partial charge in [0, 0.05) is 23.5 Å². The number of carbonyl (C=O) groups is 2. The van der Waals surface area contributed by atoms with Crippen LogP contribution in [-0.2, 0) is 11.2 Å². The molecule has 0 saturated carbocycles. The lowest BCUT2D eigenvalue weighted by atomic mass is 9.81. The average Bonchev–Trinajstić information content (AvgIpc) is 3.36. The Kier molecular flexibility index (Phi) is 7.68. The van der Waals surface area contributed by atoms with E-state index in [9.17, 15) is 9.59 Å². The van der Waals surface area contributed by atoms with Crippen molar-refractivity contribution in [2.45, 2.75) is 39.2 Å². The minimum Gasteiger partial charge on any atom is -0.494 e. The first-order chi connectivity index (χ1) is 16.5. The first kappa shape index (κ1) is 24.0. The summed E-state index contributed by atoms with van der Waals surface area (Å²) in [5.74, 6) is 0.647. The van der Waals surface area contributed by atoms with Gasteiger partial charge in [0.1, 0.15) is 5.75 Å². The zero-order chi connectivity index (χ0) is 24.1. The van der Waals surface area contributed by atoms with E-state index in [1.165, 1.54) is 0 Å². The number of nitrogens with one attached hydrogen (secondary N) is 1. The number of benzene rings is 2. The molecule has 0 unspecified atom stereocenters. The van der Waals surface area contributed by atoms with Gasteiger partial charge in [0.25, 0.3) is 5.91 Å². The highest BCUT2D eigenvalue weighted by Gasteiger charge is 2.44. The molecule has 2 heterocycles. The highest BCUT2D eigenvalue weighted by Crippen LogP contribution is 2.44. The van der Waals surface area contributed by atoms with Crippen molar-refractivity contribution in [2.75, 3.05) is 19.7 Å². The molecule has 178 valence electrons. The van der Waals surface area contributed by atoms with Crippen molar-refractivity contribution in [1.82, 2.24) is 10.2 Å². The molecule has 2 aromatic carbocycles. The van der Waals surface area contributed by atoms with Crippen molar-refractivity contribution >= 4 is 23.2 Å². The molecule has 0 saturated heterocycles. The largest absolute Gasteiger partial charge is 0.494 e. The fraction of sp³-hybridized carbons (Fsp3) is 0.357. The molecule has 0 fully saturated rings. The number of carbonyl (C=O) groups excluding carboxylic acids is 2. The summed E-state index contributed by atoms with van der Waals surface area (Å²) in [6, 6.07) is 19.2. The molecule has 2 amide bonds. The fourth-order valence-electron chi connectivity index (χ4n) is 4.60. The third-order valence-corrected chi connectivity index (χ3v) is 7.01. The van der Waals surface area contributed by atoms with Crippen molar-refractivity contribution in [3.63, 3.8) is 0 Å². The van der Waals surface area contributed by atoms with E-state index in [4.69, 9.17) is 4.74 Å². The molecule has 1 N–H and O–H groups in total. The van der Waals surface area contributed by atoms with Gasteiger partial charge in [-0.05, 0) is 60.0 Å². The maximum atomic E-state index is 13.7. The van der Waals surface area contributed by atoms with E-state index in [1.54, 1.807) is 11.3 Å². The van der Waals surface area contributed by atoms with Crippen LogP contribution in [0.5, 0.6) is 5.75 Å². The zero-order valence-electron chi connectivity index (χ0n) is 20.0. The second kappa shape index (κ2) is 10.9. The molecule has 6 heteroatoms. The van der Waals surface area contributed by atoms with Crippen molar-refractivity contribution in [1.29, 1.82) is 0 Å². The Labute approximate surface area is 205 Å². The number of nitrogens with zero attached hydrogens (tertiary/aromatic N) is 1. The lowest BCUT2D eigenvalue weighted by molar-refractivity contribution is -0.124. The third kappa shape index (κ3) is 5.17. The van der Waals surface area contributed by atoms with Gasteiger partial charge in [-0.3, -0.25) is 9.59 Å². The Bertz CT molecular complexity index is 1110. The van der Waals surface area contributed by atoms with Crippen LogP contribution in [0, 0.1) is 5.92 Å². The second-order valence-corrected chi connectivity index (χ2v) is 9.97. The van der Waals surface area contributed by atoms with Gasteiger partial charge in [-0.2, -0.15) is 0 Å². The van der Waals surface area contributed by atoms with Crippen LogP contribution in [0.3, 0.4) is 0 Å². The van der Waals surface area contributed by atoms with Crippen LogP contribution < -0.4 is 10.1 Å². The molecule has 2 atom stereocenters. The van der Waals surface area contributed by atoms with Crippen LogP contribution in [0.15, 0.2) is 66.0 Å². The highest BCUT2D eigenvalue weighted by molar-refractivity contribution is 7.10. The number of hydrogen-bond acceptors (Lipinski definition) is 4. The van der Waals surface area contributed by atoms with Gasteiger partial charge in [0.2, 0.25) is 5.91 Å². The molecule has 1 aliphatic heterocycles. The van der Waals surface area contributed by atoms with Crippen LogP contribution in [0.4, 0.5) is 0 Å². The zero-order valence-corrected chi connectivity index (χ0v) is 20.8. The average molecular weight is 477 g/mol. The number of ether oxygens (including phenoxy) is 1. The van der Waals surface area contributed by atoms with Gasteiger partial charge in [-0.15, -0.1) is 11.3 Å². The van der Waals surface area contributed by atoms with Crippen LogP contribution in [0.1, 0.15) is 59.1 Å².